The van der Waals surface area contributed by atoms with Crippen LogP contribution in [0.4, 0.5) is 5.69 Å². The zero-order chi connectivity index (χ0) is 8.97. The molecule has 0 spiro atoms. The minimum absolute atomic E-state index is 0. The Hall–Kier alpha value is 0.266. The van der Waals surface area contributed by atoms with Crippen LogP contribution in [0.2, 0.25) is 0 Å². The number of nitrogens with zero attached hydrogens (tertiary/aromatic N) is 1. The van der Waals surface area contributed by atoms with Crippen molar-refractivity contribution < 1.29 is 17.0 Å². The number of rotatable bonds is 3. The third-order valence-electron chi connectivity index (χ3n) is 2.05. The van der Waals surface area contributed by atoms with E-state index in [9.17, 15) is 0 Å². The summed E-state index contributed by atoms with van der Waals surface area (Å²) in [4.78, 5) is 2.30. The molecule has 0 saturated carbocycles. The maximum atomic E-state index is 3.24. The van der Waals surface area contributed by atoms with Gasteiger partial charge < -0.3 is 21.9 Å². The molecule has 0 aromatic heterocycles. The van der Waals surface area contributed by atoms with Gasteiger partial charge in [0.2, 0.25) is 0 Å². The number of aryl methyl sites for hydroxylation is 1. The van der Waals surface area contributed by atoms with E-state index >= 15 is 0 Å². The van der Waals surface area contributed by atoms with Gasteiger partial charge in [-0.05, 0) is 13.8 Å². The molecule has 74 valence electrons. The smallest absolute Gasteiger partial charge is 1.00 e. The van der Waals surface area contributed by atoms with E-state index < -0.39 is 0 Å². The second-order valence-electron chi connectivity index (χ2n) is 2.92. The largest absolute Gasteiger partial charge is 2.00 e. The first-order chi connectivity index (χ1) is 5.77. The SMILES string of the molecule is CCN(CC)c1[c-]ccc(C)c1.[Br-].[Mg+2]. The third-order valence-corrected chi connectivity index (χ3v) is 2.05. The molecular formula is C11H16BrMgN. The van der Waals surface area contributed by atoms with Crippen LogP contribution in [0.1, 0.15) is 19.4 Å². The van der Waals surface area contributed by atoms with Crippen molar-refractivity contribution in [3.63, 3.8) is 0 Å². The predicted octanol–water partition coefficient (Wildman–Crippen LogP) is -0.735. The van der Waals surface area contributed by atoms with Gasteiger partial charge in [0, 0.05) is 13.1 Å². The van der Waals surface area contributed by atoms with Gasteiger partial charge in [0.15, 0.2) is 0 Å². The summed E-state index contributed by atoms with van der Waals surface area (Å²) in [7, 11) is 0. The van der Waals surface area contributed by atoms with E-state index in [-0.39, 0.29) is 40.0 Å². The van der Waals surface area contributed by atoms with E-state index in [1.165, 1.54) is 11.3 Å². The topological polar surface area (TPSA) is 3.24 Å². The summed E-state index contributed by atoms with van der Waals surface area (Å²) in [6.45, 7) is 8.55. The Labute approximate surface area is 114 Å². The molecule has 1 nitrogen and oxygen atoms in total. The molecule has 0 unspecified atom stereocenters. The van der Waals surface area contributed by atoms with Crippen molar-refractivity contribution in [2.45, 2.75) is 20.8 Å². The maximum absolute atomic E-state index is 3.24. The number of halogens is 1. The quantitative estimate of drug-likeness (QED) is 0.515. The van der Waals surface area contributed by atoms with Crippen molar-refractivity contribution in [3.05, 3.63) is 29.8 Å². The van der Waals surface area contributed by atoms with Gasteiger partial charge in [0.1, 0.15) is 0 Å². The molecule has 0 aliphatic carbocycles. The molecule has 0 aliphatic rings. The fourth-order valence-electron chi connectivity index (χ4n) is 1.31. The van der Waals surface area contributed by atoms with Crippen LogP contribution in [-0.2, 0) is 0 Å². The molecule has 1 aromatic carbocycles. The van der Waals surface area contributed by atoms with E-state index in [1.807, 2.05) is 6.07 Å². The van der Waals surface area contributed by atoms with Gasteiger partial charge in [-0.3, -0.25) is 0 Å². The fourth-order valence-corrected chi connectivity index (χ4v) is 1.31. The van der Waals surface area contributed by atoms with E-state index in [1.54, 1.807) is 0 Å². The van der Waals surface area contributed by atoms with Crippen LogP contribution in [0.25, 0.3) is 0 Å². The van der Waals surface area contributed by atoms with E-state index in [0.29, 0.717) is 0 Å². The Kier molecular flexibility index (Phi) is 10.2. The molecule has 0 atom stereocenters. The molecule has 0 N–H and O–H groups in total. The van der Waals surface area contributed by atoms with Crippen LogP contribution in [0, 0.1) is 13.0 Å². The second-order valence-corrected chi connectivity index (χ2v) is 2.92. The molecule has 14 heavy (non-hydrogen) atoms. The van der Waals surface area contributed by atoms with Gasteiger partial charge in [-0.2, -0.15) is 23.8 Å². The summed E-state index contributed by atoms with van der Waals surface area (Å²) in [5.74, 6) is 0. The minimum atomic E-state index is 0. The Morgan fingerprint density at radius 1 is 1.29 bits per heavy atom. The summed E-state index contributed by atoms with van der Waals surface area (Å²) < 4.78 is 0. The van der Waals surface area contributed by atoms with Gasteiger partial charge >= 0.3 is 23.1 Å². The first-order valence-electron chi connectivity index (χ1n) is 4.51. The van der Waals surface area contributed by atoms with E-state index in [2.05, 4.69) is 43.9 Å². The second kappa shape index (κ2) is 8.56. The van der Waals surface area contributed by atoms with Crippen LogP contribution in [0.15, 0.2) is 18.2 Å². The van der Waals surface area contributed by atoms with E-state index in [4.69, 9.17) is 0 Å². The van der Waals surface area contributed by atoms with Gasteiger partial charge in [-0.15, -0.1) is 6.07 Å². The molecule has 0 bridgehead atoms. The Balaban J connectivity index is 0. The van der Waals surface area contributed by atoms with Crippen molar-refractivity contribution >= 4 is 28.7 Å². The van der Waals surface area contributed by atoms with Crippen LogP contribution in [-0.4, -0.2) is 36.1 Å². The molecule has 1 rings (SSSR count). The zero-order valence-corrected chi connectivity index (χ0v) is 12.2. The fraction of sp³-hybridized carbons (Fsp3) is 0.455. The molecule has 1 aromatic rings. The minimum Gasteiger partial charge on any atom is -1.00 e. The van der Waals surface area contributed by atoms with Gasteiger partial charge in [0.05, 0.1) is 0 Å². The monoisotopic (exact) mass is 265 g/mol. The van der Waals surface area contributed by atoms with Crippen molar-refractivity contribution in [1.29, 1.82) is 0 Å². The molecule has 0 heterocycles. The van der Waals surface area contributed by atoms with Crippen molar-refractivity contribution in [1.82, 2.24) is 0 Å². The number of hydrogen-bond acceptors (Lipinski definition) is 1. The Morgan fingerprint density at radius 3 is 2.29 bits per heavy atom. The molecule has 0 aliphatic heterocycles. The van der Waals surface area contributed by atoms with Gasteiger partial charge in [-0.1, -0.05) is 12.6 Å². The van der Waals surface area contributed by atoms with Crippen LogP contribution < -0.4 is 21.9 Å². The van der Waals surface area contributed by atoms with Crippen molar-refractivity contribution in [2.24, 2.45) is 0 Å². The van der Waals surface area contributed by atoms with Crippen LogP contribution in [0.5, 0.6) is 0 Å². The normalized spacial score (nSPS) is 8.50. The molecule has 0 amide bonds. The Morgan fingerprint density at radius 2 is 1.86 bits per heavy atom. The Bertz CT molecular complexity index is 249. The van der Waals surface area contributed by atoms with Gasteiger partial charge in [-0.25, -0.2) is 0 Å². The van der Waals surface area contributed by atoms with Gasteiger partial charge in [0.25, 0.3) is 0 Å². The number of benzene rings is 1. The molecular weight excluding hydrogens is 250 g/mol. The van der Waals surface area contributed by atoms with Crippen molar-refractivity contribution in [2.75, 3.05) is 18.0 Å². The average Bonchev–Trinajstić information content (AvgIpc) is 2.07. The molecule has 0 radical (unpaired) electrons. The summed E-state index contributed by atoms with van der Waals surface area (Å²) in [5.41, 5.74) is 2.51. The summed E-state index contributed by atoms with van der Waals surface area (Å²) in [6.07, 6.45) is 0. The molecule has 3 heteroatoms. The number of hydrogen-bond donors (Lipinski definition) is 0. The summed E-state index contributed by atoms with van der Waals surface area (Å²) >= 11 is 0. The standard InChI is InChI=1S/C11H16N.BrH.Mg/c1-4-12(5-2)11-8-6-7-10(3)9-11;;/h6-7,9H,4-5H2,1-3H3;1H;/q-1;;+2/p-1. The van der Waals surface area contributed by atoms with Crippen LogP contribution in [0.3, 0.4) is 0 Å². The first kappa shape index (κ1) is 16.7. The summed E-state index contributed by atoms with van der Waals surface area (Å²) in [5, 5.41) is 0. The molecule has 0 saturated heterocycles. The third kappa shape index (κ3) is 4.67. The summed E-state index contributed by atoms with van der Waals surface area (Å²) in [6, 6.07) is 9.48. The maximum Gasteiger partial charge on any atom is 2.00 e. The van der Waals surface area contributed by atoms with Crippen LogP contribution >= 0.6 is 0 Å². The number of anilines is 1. The average molecular weight is 266 g/mol. The van der Waals surface area contributed by atoms with E-state index in [0.717, 1.165) is 13.1 Å². The van der Waals surface area contributed by atoms with Crippen molar-refractivity contribution in [3.8, 4) is 0 Å². The zero-order valence-electron chi connectivity index (χ0n) is 9.18. The molecule has 0 fully saturated rings. The predicted molar refractivity (Wildman–Crippen MR) is 59.3 cm³/mol. The first-order valence-corrected chi connectivity index (χ1v) is 4.51.